The number of aromatic nitrogens is 1. The zero-order valence-corrected chi connectivity index (χ0v) is 15.6. The molecule has 0 radical (unpaired) electrons. The van der Waals surface area contributed by atoms with Crippen LogP contribution in [0.15, 0.2) is 57.7 Å². The Labute approximate surface area is 162 Å². The van der Waals surface area contributed by atoms with Crippen molar-refractivity contribution in [3.63, 3.8) is 0 Å². The van der Waals surface area contributed by atoms with Crippen LogP contribution in [0.1, 0.15) is 39.5 Å². The number of nitrogens with one attached hydrogen (secondary N) is 1. The van der Waals surface area contributed by atoms with E-state index >= 15 is 0 Å². The molecule has 2 aromatic heterocycles. The highest BCUT2D eigenvalue weighted by molar-refractivity contribution is 6.01. The third-order valence-electron chi connectivity index (χ3n) is 4.99. The molecule has 2 amide bonds. The topological polar surface area (TPSA) is 88.6 Å². The number of aryl methyl sites for hydroxylation is 1. The predicted molar refractivity (Wildman–Crippen MR) is 102 cm³/mol. The first-order chi connectivity index (χ1) is 13.6. The number of hydrogen-bond donors (Lipinski definition) is 1. The smallest absolute Gasteiger partial charge is 0.289 e. The molecule has 28 heavy (non-hydrogen) atoms. The van der Waals surface area contributed by atoms with E-state index in [-0.39, 0.29) is 17.9 Å². The monoisotopic (exact) mass is 379 g/mol. The number of benzene rings is 1. The molecule has 1 N–H and O–H groups in total. The Hall–Kier alpha value is -3.35. The summed E-state index contributed by atoms with van der Waals surface area (Å²) < 4.78 is 10.5. The van der Waals surface area contributed by atoms with Crippen LogP contribution in [0.2, 0.25) is 0 Å². The van der Waals surface area contributed by atoms with E-state index in [0.29, 0.717) is 48.7 Å². The van der Waals surface area contributed by atoms with Gasteiger partial charge >= 0.3 is 0 Å². The Morgan fingerprint density at radius 3 is 2.54 bits per heavy atom. The summed E-state index contributed by atoms with van der Waals surface area (Å²) in [4.78, 5) is 27.0. The molecule has 1 fully saturated rings. The summed E-state index contributed by atoms with van der Waals surface area (Å²) in [5.41, 5.74) is 1.84. The molecule has 4 rings (SSSR count). The first kappa shape index (κ1) is 18.0. The van der Waals surface area contributed by atoms with Crippen molar-refractivity contribution in [2.24, 2.45) is 0 Å². The van der Waals surface area contributed by atoms with Gasteiger partial charge in [-0.2, -0.15) is 0 Å². The van der Waals surface area contributed by atoms with Crippen LogP contribution >= 0.6 is 0 Å². The van der Waals surface area contributed by atoms with E-state index in [0.717, 1.165) is 5.56 Å². The van der Waals surface area contributed by atoms with Crippen LogP contribution in [-0.4, -0.2) is 41.0 Å². The number of amides is 2. The Morgan fingerprint density at radius 1 is 1.11 bits per heavy atom. The minimum Gasteiger partial charge on any atom is -0.459 e. The summed E-state index contributed by atoms with van der Waals surface area (Å²) >= 11 is 0. The van der Waals surface area contributed by atoms with Crippen LogP contribution < -0.4 is 5.32 Å². The van der Waals surface area contributed by atoms with Gasteiger partial charge in [0.15, 0.2) is 5.76 Å². The highest BCUT2D eigenvalue weighted by Crippen LogP contribution is 2.25. The van der Waals surface area contributed by atoms with Gasteiger partial charge in [0, 0.05) is 24.7 Å². The van der Waals surface area contributed by atoms with E-state index in [2.05, 4.69) is 10.5 Å². The minimum atomic E-state index is -0.201. The summed E-state index contributed by atoms with van der Waals surface area (Å²) in [7, 11) is 0. The molecule has 0 atom stereocenters. The van der Waals surface area contributed by atoms with Gasteiger partial charge in [-0.05, 0) is 31.9 Å². The maximum Gasteiger partial charge on any atom is 0.289 e. The molecule has 7 heteroatoms. The number of rotatable bonds is 4. The second-order valence-electron chi connectivity index (χ2n) is 6.85. The molecular weight excluding hydrogens is 358 g/mol. The summed E-state index contributed by atoms with van der Waals surface area (Å²) in [5, 5.41) is 7.13. The molecule has 1 aliphatic rings. The zero-order valence-electron chi connectivity index (χ0n) is 15.6. The van der Waals surface area contributed by atoms with Crippen molar-refractivity contribution in [2.75, 3.05) is 13.1 Å². The molecule has 0 aliphatic carbocycles. The molecule has 7 nitrogen and oxygen atoms in total. The summed E-state index contributed by atoms with van der Waals surface area (Å²) in [6.45, 7) is 2.87. The van der Waals surface area contributed by atoms with Crippen LogP contribution in [0.3, 0.4) is 0 Å². The fraction of sp³-hybridized carbons (Fsp3) is 0.286. The van der Waals surface area contributed by atoms with E-state index in [1.807, 2.05) is 30.3 Å². The van der Waals surface area contributed by atoms with Gasteiger partial charge in [0.05, 0.1) is 6.26 Å². The lowest BCUT2D eigenvalue weighted by Crippen LogP contribution is -2.46. The molecule has 0 bridgehead atoms. The van der Waals surface area contributed by atoms with Crippen LogP contribution in [0.5, 0.6) is 0 Å². The predicted octanol–water partition coefficient (Wildman–Crippen LogP) is 3.28. The van der Waals surface area contributed by atoms with Crippen molar-refractivity contribution in [3.05, 3.63) is 65.8 Å². The molecule has 1 saturated heterocycles. The number of carbonyl (C=O) groups excluding carboxylic acids is 2. The first-order valence-electron chi connectivity index (χ1n) is 9.29. The molecule has 144 valence electrons. The highest BCUT2D eigenvalue weighted by atomic mass is 16.5. The lowest BCUT2D eigenvalue weighted by molar-refractivity contribution is 0.0667. The second-order valence-corrected chi connectivity index (χ2v) is 6.85. The number of likely N-dealkylation sites (tertiary alicyclic amines) is 1. The van der Waals surface area contributed by atoms with Gasteiger partial charge in [-0.25, -0.2) is 0 Å². The van der Waals surface area contributed by atoms with Gasteiger partial charge in [0.1, 0.15) is 17.0 Å². The fourth-order valence-electron chi connectivity index (χ4n) is 3.47. The SMILES string of the molecule is Cc1onc(-c2ccccc2)c1C(=O)NC1CCN(C(=O)c2ccco2)CC1. The third kappa shape index (κ3) is 3.55. The first-order valence-corrected chi connectivity index (χ1v) is 9.29. The molecular formula is C21H21N3O4. The van der Waals surface area contributed by atoms with Gasteiger partial charge in [-0.15, -0.1) is 0 Å². The number of carbonyl (C=O) groups is 2. The number of nitrogens with zero attached hydrogens (tertiary/aromatic N) is 2. The summed E-state index contributed by atoms with van der Waals surface area (Å²) in [6.07, 6.45) is 2.86. The Kier molecular flexibility index (Phi) is 4.97. The van der Waals surface area contributed by atoms with Gasteiger partial charge in [0.2, 0.25) is 0 Å². The van der Waals surface area contributed by atoms with Crippen LogP contribution in [0.4, 0.5) is 0 Å². The second kappa shape index (κ2) is 7.72. The quantitative estimate of drug-likeness (QED) is 0.751. The van der Waals surface area contributed by atoms with Crippen LogP contribution in [-0.2, 0) is 0 Å². The van der Waals surface area contributed by atoms with Gasteiger partial charge in [-0.3, -0.25) is 9.59 Å². The summed E-state index contributed by atoms with van der Waals surface area (Å²) in [6, 6.07) is 12.8. The minimum absolute atomic E-state index is 0.00826. The highest BCUT2D eigenvalue weighted by Gasteiger charge is 2.28. The molecule has 0 unspecified atom stereocenters. The largest absolute Gasteiger partial charge is 0.459 e. The lowest BCUT2D eigenvalue weighted by Gasteiger charge is -2.31. The van der Waals surface area contributed by atoms with Crippen molar-refractivity contribution in [1.82, 2.24) is 15.4 Å². The van der Waals surface area contributed by atoms with Gasteiger partial charge in [0.25, 0.3) is 11.8 Å². The lowest BCUT2D eigenvalue weighted by atomic mass is 10.0. The third-order valence-corrected chi connectivity index (χ3v) is 4.99. The van der Waals surface area contributed by atoms with E-state index in [4.69, 9.17) is 8.94 Å². The molecule has 0 spiro atoms. The number of hydrogen-bond acceptors (Lipinski definition) is 5. The number of piperidine rings is 1. The maximum absolute atomic E-state index is 12.9. The standard InChI is InChI=1S/C21H21N3O4/c1-14-18(19(23-28-14)15-6-3-2-4-7-15)20(25)22-16-9-11-24(12-10-16)21(26)17-8-5-13-27-17/h2-8,13,16H,9-12H2,1H3,(H,22,25). The van der Waals surface area contributed by atoms with Crippen LogP contribution in [0, 0.1) is 6.92 Å². The Bertz CT molecular complexity index is 955. The van der Waals surface area contributed by atoms with Gasteiger partial charge in [-0.1, -0.05) is 35.5 Å². The van der Waals surface area contributed by atoms with E-state index in [9.17, 15) is 9.59 Å². The van der Waals surface area contributed by atoms with E-state index < -0.39 is 0 Å². The molecule has 1 aliphatic heterocycles. The molecule has 3 heterocycles. The maximum atomic E-state index is 12.9. The van der Waals surface area contributed by atoms with E-state index in [1.165, 1.54) is 6.26 Å². The zero-order chi connectivity index (χ0) is 19.5. The Morgan fingerprint density at radius 2 is 1.86 bits per heavy atom. The van der Waals surface area contributed by atoms with Crippen LogP contribution in [0.25, 0.3) is 11.3 Å². The average Bonchev–Trinajstić information content (AvgIpc) is 3.38. The van der Waals surface area contributed by atoms with Crippen molar-refractivity contribution >= 4 is 11.8 Å². The summed E-state index contributed by atoms with van der Waals surface area (Å²) in [5.74, 6) is 0.515. The van der Waals surface area contributed by atoms with Gasteiger partial charge < -0.3 is 19.2 Å². The normalized spacial score (nSPS) is 14.8. The van der Waals surface area contributed by atoms with Crippen molar-refractivity contribution in [3.8, 4) is 11.3 Å². The van der Waals surface area contributed by atoms with Crippen molar-refractivity contribution in [2.45, 2.75) is 25.8 Å². The Balaban J connectivity index is 1.41. The van der Waals surface area contributed by atoms with Crippen molar-refractivity contribution < 1.29 is 18.5 Å². The average molecular weight is 379 g/mol. The molecule has 3 aromatic rings. The van der Waals surface area contributed by atoms with E-state index in [1.54, 1.807) is 24.0 Å². The molecule has 0 saturated carbocycles. The van der Waals surface area contributed by atoms with Crippen molar-refractivity contribution in [1.29, 1.82) is 0 Å². The number of furan rings is 1. The molecule has 1 aromatic carbocycles. The fourth-order valence-corrected chi connectivity index (χ4v) is 3.47.